The number of anilines is 1. The molecule has 0 saturated heterocycles. The van der Waals surface area contributed by atoms with Gasteiger partial charge < -0.3 is 34.4 Å². The highest BCUT2D eigenvalue weighted by Crippen LogP contribution is 2.39. The number of carbonyl (C=O) groups excluding carboxylic acids is 2. The van der Waals surface area contributed by atoms with Gasteiger partial charge in [-0.25, -0.2) is 0 Å². The predicted octanol–water partition coefficient (Wildman–Crippen LogP) is 5.04. The molecule has 3 aromatic carbocycles. The molecule has 0 unspecified atom stereocenters. The van der Waals surface area contributed by atoms with Crippen LogP contribution in [0.25, 0.3) is 10.9 Å². The zero-order valence-electron chi connectivity index (χ0n) is 19.9. The maximum Gasteiger partial charge on any atom is 0.256 e. The average Bonchev–Trinajstić information content (AvgIpc) is 3.23. The van der Waals surface area contributed by atoms with Crippen LogP contribution in [0.2, 0.25) is 5.02 Å². The number of aromatic hydroxyl groups is 1. The SMILES string of the molecule is COc1ccc(C(=O)c2[nH]c3cc(Cl)ccc3c2NC(=O)c2cc(OC)c(OC)c(OC)c2)cc1O. The van der Waals surface area contributed by atoms with E-state index < -0.39 is 11.7 Å². The predicted molar refractivity (Wildman–Crippen MR) is 135 cm³/mol. The molecule has 36 heavy (non-hydrogen) atoms. The highest BCUT2D eigenvalue weighted by Gasteiger charge is 2.24. The summed E-state index contributed by atoms with van der Waals surface area (Å²) in [6, 6.07) is 12.3. The number of benzene rings is 3. The van der Waals surface area contributed by atoms with E-state index in [1.807, 2.05) is 0 Å². The lowest BCUT2D eigenvalue weighted by Gasteiger charge is -2.14. The van der Waals surface area contributed by atoms with Crippen molar-refractivity contribution < 1.29 is 33.6 Å². The van der Waals surface area contributed by atoms with Gasteiger partial charge in [0.1, 0.15) is 5.69 Å². The number of phenols is 1. The Morgan fingerprint density at radius 3 is 2.08 bits per heavy atom. The summed E-state index contributed by atoms with van der Waals surface area (Å²) in [6.45, 7) is 0. The van der Waals surface area contributed by atoms with Crippen molar-refractivity contribution in [2.45, 2.75) is 0 Å². The van der Waals surface area contributed by atoms with Gasteiger partial charge in [0.2, 0.25) is 11.5 Å². The van der Waals surface area contributed by atoms with Gasteiger partial charge in [0, 0.05) is 27.1 Å². The fourth-order valence-electron chi connectivity index (χ4n) is 3.84. The van der Waals surface area contributed by atoms with Gasteiger partial charge in [-0.1, -0.05) is 11.6 Å². The summed E-state index contributed by atoms with van der Waals surface area (Å²) >= 11 is 6.15. The molecule has 10 heteroatoms. The number of rotatable bonds is 8. The average molecular weight is 511 g/mol. The molecule has 186 valence electrons. The normalized spacial score (nSPS) is 10.7. The molecule has 0 aliphatic heterocycles. The molecular formula is C26H23ClN2O7. The van der Waals surface area contributed by atoms with Gasteiger partial charge in [-0.05, 0) is 48.5 Å². The fourth-order valence-corrected chi connectivity index (χ4v) is 4.02. The van der Waals surface area contributed by atoms with Crippen molar-refractivity contribution in [1.29, 1.82) is 0 Å². The van der Waals surface area contributed by atoms with Gasteiger partial charge in [-0.15, -0.1) is 0 Å². The summed E-state index contributed by atoms with van der Waals surface area (Å²) < 4.78 is 21.1. The minimum absolute atomic E-state index is 0.109. The first kappa shape index (κ1) is 24.7. The second-order valence-corrected chi connectivity index (χ2v) is 8.09. The van der Waals surface area contributed by atoms with E-state index in [9.17, 15) is 14.7 Å². The van der Waals surface area contributed by atoms with E-state index in [1.54, 1.807) is 18.2 Å². The number of aromatic amines is 1. The molecular weight excluding hydrogens is 488 g/mol. The van der Waals surface area contributed by atoms with Crippen LogP contribution < -0.4 is 24.3 Å². The summed E-state index contributed by atoms with van der Waals surface area (Å²) in [6.07, 6.45) is 0. The summed E-state index contributed by atoms with van der Waals surface area (Å²) in [5.41, 5.74) is 1.31. The number of nitrogens with one attached hydrogen (secondary N) is 2. The van der Waals surface area contributed by atoms with Crippen molar-refractivity contribution in [2.24, 2.45) is 0 Å². The largest absolute Gasteiger partial charge is 0.504 e. The Hall–Kier alpha value is -4.37. The first-order chi connectivity index (χ1) is 17.3. The molecule has 1 heterocycles. The van der Waals surface area contributed by atoms with Crippen LogP contribution in [-0.2, 0) is 0 Å². The van der Waals surface area contributed by atoms with E-state index >= 15 is 0 Å². The van der Waals surface area contributed by atoms with Crippen LogP contribution in [0.15, 0.2) is 48.5 Å². The minimum atomic E-state index is -0.517. The minimum Gasteiger partial charge on any atom is -0.504 e. The molecule has 0 aliphatic carbocycles. The van der Waals surface area contributed by atoms with Crippen LogP contribution >= 0.6 is 11.6 Å². The highest BCUT2D eigenvalue weighted by molar-refractivity contribution is 6.31. The lowest BCUT2D eigenvalue weighted by molar-refractivity contribution is 0.102. The number of halogens is 1. The molecule has 0 aliphatic rings. The maximum atomic E-state index is 13.5. The number of ether oxygens (including phenoxy) is 4. The van der Waals surface area contributed by atoms with E-state index in [4.69, 9.17) is 30.5 Å². The fraction of sp³-hybridized carbons (Fsp3) is 0.154. The van der Waals surface area contributed by atoms with E-state index in [1.165, 1.54) is 58.8 Å². The topological polar surface area (TPSA) is 119 Å². The van der Waals surface area contributed by atoms with Gasteiger partial charge >= 0.3 is 0 Å². The molecule has 0 fully saturated rings. The molecule has 0 saturated carbocycles. The van der Waals surface area contributed by atoms with Crippen molar-refractivity contribution in [2.75, 3.05) is 33.8 Å². The number of hydrogen-bond donors (Lipinski definition) is 3. The number of hydrogen-bond acceptors (Lipinski definition) is 7. The molecule has 1 amide bonds. The van der Waals surface area contributed by atoms with Crippen molar-refractivity contribution in [1.82, 2.24) is 4.98 Å². The van der Waals surface area contributed by atoms with E-state index in [0.717, 1.165) is 0 Å². The molecule has 4 rings (SSSR count). The van der Waals surface area contributed by atoms with Gasteiger partial charge in [0.15, 0.2) is 23.0 Å². The smallest absolute Gasteiger partial charge is 0.256 e. The Balaban J connectivity index is 1.80. The lowest BCUT2D eigenvalue weighted by Crippen LogP contribution is -2.15. The number of amides is 1. The maximum absolute atomic E-state index is 13.5. The summed E-state index contributed by atoms with van der Waals surface area (Å²) in [7, 11) is 5.77. The Morgan fingerprint density at radius 1 is 0.833 bits per heavy atom. The third kappa shape index (κ3) is 4.48. The second kappa shape index (κ2) is 10.1. The van der Waals surface area contributed by atoms with Crippen LogP contribution in [0.3, 0.4) is 0 Å². The third-order valence-electron chi connectivity index (χ3n) is 5.59. The Morgan fingerprint density at radius 2 is 1.50 bits per heavy atom. The van der Waals surface area contributed by atoms with Crippen molar-refractivity contribution in [3.8, 4) is 28.7 Å². The molecule has 3 N–H and O–H groups in total. The standard InChI is InChI=1S/C26H23ClN2O7/c1-33-19-8-5-13(9-18(19)30)24(31)23-22(16-7-6-15(27)12-17(16)28-23)29-26(32)14-10-20(34-2)25(36-4)21(11-14)35-3/h5-12,28,30H,1-4H3,(H,29,32). The van der Waals surface area contributed by atoms with Gasteiger partial charge in [0.05, 0.1) is 34.1 Å². The summed E-state index contributed by atoms with van der Waals surface area (Å²) in [5, 5.41) is 14.0. The zero-order valence-corrected chi connectivity index (χ0v) is 20.6. The number of phenolic OH excluding ortho intramolecular Hbond substituents is 1. The first-order valence-electron chi connectivity index (χ1n) is 10.7. The number of carbonyl (C=O) groups is 2. The van der Waals surface area contributed by atoms with Gasteiger partial charge in [-0.2, -0.15) is 0 Å². The zero-order chi connectivity index (χ0) is 26.0. The molecule has 0 spiro atoms. The number of methoxy groups -OCH3 is 4. The molecule has 1 aromatic heterocycles. The van der Waals surface area contributed by atoms with Gasteiger partial charge in [-0.3, -0.25) is 9.59 Å². The quantitative estimate of drug-likeness (QED) is 0.284. The molecule has 0 bridgehead atoms. The summed E-state index contributed by atoms with van der Waals surface area (Å²) in [5.74, 6) is 0.0116. The van der Waals surface area contributed by atoms with E-state index in [-0.39, 0.29) is 34.0 Å². The number of fused-ring (bicyclic) bond motifs is 1. The Labute approximate surface area is 211 Å². The van der Waals surface area contributed by atoms with Gasteiger partial charge in [0.25, 0.3) is 5.91 Å². The molecule has 0 atom stereocenters. The van der Waals surface area contributed by atoms with Crippen LogP contribution in [0, 0.1) is 0 Å². The Bertz CT molecular complexity index is 1450. The Kier molecular flexibility index (Phi) is 6.93. The molecule has 0 radical (unpaired) electrons. The number of ketones is 1. The van der Waals surface area contributed by atoms with Crippen LogP contribution in [0.4, 0.5) is 5.69 Å². The van der Waals surface area contributed by atoms with E-state index in [0.29, 0.717) is 33.2 Å². The second-order valence-electron chi connectivity index (χ2n) is 7.65. The number of H-pyrrole nitrogens is 1. The van der Waals surface area contributed by atoms with Crippen molar-refractivity contribution in [3.63, 3.8) is 0 Å². The van der Waals surface area contributed by atoms with E-state index in [2.05, 4.69) is 10.3 Å². The lowest BCUT2D eigenvalue weighted by atomic mass is 10.1. The van der Waals surface area contributed by atoms with Crippen LogP contribution in [0.1, 0.15) is 26.4 Å². The summed E-state index contributed by atoms with van der Waals surface area (Å²) in [4.78, 5) is 29.8. The third-order valence-corrected chi connectivity index (χ3v) is 5.83. The monoisotopic (exact) mass is 510 g/mol. The van der Waals surface area contributed by atoms with Crippen LogP contribution in [-0.4, -0.2) is 50.2 Å². The highest BCUT2D eigenvalue weighted by atomic mass is 35.5. The first-order valence-corrected chi connectivity index (χ1v) is 11.0. The molecule has 9 nitrogen and oxygen atoms in total. The number of aromatic nitrogens is 1. The van der Waals surface area contributed by atoms with Crippen LogP contribution in [0.5, 0.6) is 28.7 Å². The molecule has 4 aromatic rings. The van der Waals surface area contributed by atoms with Crippen molar-refractivity contribution >= 4 is 39.9 Å². The van der Waals surface area contributed by atoms with Crippen molar-refractivity contribution in [3.05, 3.63) is 70.4 Å².